The average molecular weight is 280 g/mol. The zero-order valence-corrected chi connectivity index (χ0v) is 11.0. The molecule has 2 aromatic rings. The smallest absolute Gasteiger partial charge is 0.357 e. The molecule has 0 radical (unpaired) electrons. The van der Waals surface area contributed by atoms with Gasteiger partial charge in [-0.1, -0.05) is 0 Å². The lowest BCUT2D eigenvalue weighted by atomic mass is 10.3. The lowest BCUT2D eigenvalue weighted by Crippen LogP contribution is -2.25. The van der Waals surface area contributed by atoms with Crippen LogP contribution in [0.1, 0.15) is 25.9 Å². The van der Waals surface area contributed by atoms with E-state index in [0.29, 0.717) is 24.2 Å². The topological polar surface area (TPSA) is 81.4 Å². The molecule has 0 aliphatic carbocycles. The van der Waals surface area contributed by atoms with Crippen molar-refractivity contribution >= 4 is 23.2 Å². The van der Waals surface area contributed by atoms with Crippen LogP contribution in [-0.2, 0) is 11.2 Å². The second kappa shape index (κ2) is 6.14. The Morgan fingerprint density at radius 3 is 3.05 bits per heavy atom. The van der Waals surface area contributed by atoms with Crippen molar-refractivity contribution in [1.29, 1.82) is 0 Å². The van der Waals surface area contributed by atoms with Crippen LogP contribution in [0.25, 0.3) is 0 Å². The van der Waals surface area contributed by atoms with E-state index in [-0.39, 0.29) is 5.91 Å². The molecule has 1 amide bonds. The average Bonchev–Trinajstić information content (AvgIpc) is 3.08. The van der Waals surface area contributed by atoms with E-state index in [1.165, 1.54) is 31.0 Å². The highest BCUT2D eigenvalue weighted by molar-refractivity contribution is 7.09. The van der Waals surface area contributed by atoms with Crippen molar-refractivity contribution in [2.24, 2.45) is 0 Å². The lowest BCUT2D eigenvalue weighted by molar-refractivity contribution is 0.0594. The number of esters is 1. The number of furan rings is 1. The minimum atomic E-state index is -0.454. The minimum absolute atomic E-state index is 0.196. The third-order valence-corrected chi connectivity index (χ3v) is 3.26. The van der Waals surface area contributed by atoms with E-state index >= 15 is 0 Å². The highest BCUT2D eigenvalue weighted by Gasteiger charge is 2.11. The zero-order chi connectivity index (χ0) is 13.7. The predicted octanol–water partition coefficient (Wildman–Crippen LogP) is 1.50. The fourth-order valence-electron chi connectivity index (χ4n) is 1.40. The van der Waals surface area contributed by atoms with E-state index < -0.39 is 5.97 Å². The first-order valence-corrected chi connectivity index (χ1v) is 6.42. The maximum atomic E-state index is 11.6. The van der Waals surface area contributed by atoms with Gasteiger partial charge in [0, 0.05) is 18.3 Å². The third-order valence-electron chi connectivity index (χ3n) is 2.35. The molecular weight excluding hydrogens is 268 g/mol. The van der Waals surface area contributed by atoms with E-state index in [1.54, 1.807) is 11.4 Å². The number of rotatable bonds is 5. The third kappa shape index (κ3) is 3.41. The second-order valence-electron chi connectivity index (χ2n) is 3.64. The van der Waals surface area contributed by atoms with Crippen LogP contribution in [0.4, 0.5) is 0 Å². The maximum absolute atomic E-state index is 11.6. The molecule has 0 spiro atoms. The normalized spacial score (nSPS) is 10.2. The molecule has 0 bridgehead atoms. The maximum Gasteiger partial charge on any atom is 0.357 e. The van der Waals surface area contributed by atoms with E-state index in [2.05, 4.69) is 15.0 Å². The van der Waals surface area contributed by atoms with Crippen molar-refractivity contribution in [3.05, 3.63) is 40.2 Å². The lowest BCUT2D eigenvalue weighted by Gasteiger charge is -2.00. The summed E-state index contributed by atoms with van der Waals surface area (Å²) in [5.41, 5.74) is 0.776. The van der Waals surface area contributed by atoms with Gasteiger partial charge in [-0.2, -0.15) is 0 Å². The molecule has 0 aliphatic rings. The highest BCUT2D eigenvalue weighted by atomic mass is 32.1. The molecule has 1 N–H and O–H groups in total. The summed E-state index contributed by atoms with van der Waals surface area (Å²) in [5, 5.41) is 5.15. The Kier molecular flexibility index (Phi) is 4.30. The summed E-state index contributed by atoms with van der Waals surface area (Å²) >= 11 is 1.36. The Labute approximate surface area is 113 Å². The van der Waals surface area contributed by atoms with Gasteiger partial charge >= 0.3 is 5.97 Å². The number of hydrogen-bond acceptors (Lipinski definition) is 6. The fraction of sp³-hybridized carbons (Fsp3) is 0.250. The number of amides is 1. The largest absolute Gasteiger partial charge is 0.472 e. The van der Waals surface area contributed by atoms with Crippen molar-refractivity contribution in [3.8, 4) is 0 Å². The molecule has 0 unspecified atom stereocenters. The molecule has 2 rings (SSSR count). The molecule has 0 aliphatic heterocycles. The predicted molar refractivity (Wildman–Crippen MR) is 68.2 cm³/mol. The van der Waals surface area contributed by atoms with Crippen LogP contribution >= 0.6 is 11.3 Å². The summed E-state index contributed by atoms with van der Waals surface area (Å²) in [7, 11) is 1.31. The van der Waals surface area contributed by atoms with Gasteiger partial charge in [0.2, 0.25) is 0 Å². The Bertz CT molecular complexity index is 562. The number of methoxy groups -OCH3 is 1. The van der Waals surface area contributed by atoms with Gasteiger partial charge in [0.15, 0.2) is 5.69 Å². The molecule has 0 saturated carbocycles. The number of nitrogens with one attached hydrogen (secondary N) is 1. The van der Waals surface area contributed by atoms with Crippen LogP contribution in [-0.4, -0.2) is 30.5 Å². The van der Waals surface area contributed by atoms with Gasteiger partial charge < -0.3 is 14.5 Å². The number of ether oxygens (including phenoxy) is 1. The first kappa shape index (κ1) is 13.3. The van der Waals surface area contributed by atoms with Crippen LogP contribution in [0.2, 0.25) is 0 Å². The van der Waals surface area contributed by atoms with Gasteiger partial charge in [0.05, 0.1) is 23.9 Å². The van der Waals surface area contributed by atoms with Crippen molar-refractivity contribution in [3.63, 3.8) is 0 Å². The quantitative estimate of drug-likeness (QED) is 0.839. The standard InChI is InChI=1S/C12H12N2O4S/c1-17-12(16)9-7-19-10(14-9)2-4-13-11(15)8-3-5-18-6-8/h3,5-7H,2,4H2,1H3,(H,13,15). The molecule has 19 heavy (non-hydrogen) atoms. The van der Waals surface area contributed by atoms with Crippen LogP contribution in [0.5, 0.6) is 0 Å². The molecule has 2 heterocycles. The molecule has 2 aromatic heterocycles. The molecule has 7 heteroatoms. The number of thiazole rings is 1. The molecule has 0 aromatic carbocycles. The van der Waals surface area contributed by atoms with Crippen molar-refractivity contribution in [2.75, 3.05) is 13.7 Å². The van der Waals surface area contributed by atoms with E-state index in [9.17, 15) is 9.59 Å². The summed E-state index contributed by atoms with van der Waals surface area (Å²) in [5.74, 6) is -0.650. The summed E-state index contributed by atoms with van der Waals surface area (Å²) in [4.78, 5) is 26.9. The summed E-state index contributed by atoms with van der Waals surface area (Å²) in [6.07, 6.45) is 3.39. The van der Waals surface area contributed by atoms with Crippen LogP contribution in [0.15, 0.2) is 28.4 Å². The van der Waals surface area contributed by atoms with Crippen LogP contribution in [0, 0.1) is 0 Å². The molecule has 0 atom stereocenters. The molecule has 0 fully saturated rings. The SMILES string of the molecule is COC(=O)c1csc(CCNC(=O)c2ccoc2)n1. The van der Waals surface area contributed by atoms with Gasteiger partial charge in [0.1, 0.15) is 6.26 Å². The number of aromatic nitrogens is 1. The van der Waals surface area contributed by atoms with Gasteiger partial charge in [-0.25, -0.2) is 9.78 Å². The van der Waals surface area contributed by atoms with Crippen molar-refractivity contribution in [2.45, 2.75) is 6.42 Å². The Balaban J connectivity index is 1.81. The zero-order valence-electron chi connectivity index (χ0n) is 10.2. The second-order valence-corrected chi connectivity index (χ2v) is 4.58. The van der Waals surface area contributed by atoms with Gasteiger partial charge in [-0.05, 0) is 6.07 Å². The highest BCUT2D eigenvalue weighted by Crippen LogP contribution is 2.11. The van der Waals surface area contributed by atoms with Gasteiger partial charge in [0.25, 0.3) is 5.91 Å². The number of nitrogens with zero attached hydrogens (tertiary/aromatic N) is 1. The number of carbonyl (C=O) groups is 2. The summed E-state index contributed by atoms with van der Waals surface area (Å²) in [6.45, 7) is 0.443. The van der Waals surface area contributed by atoms with Gasteiger partial charge in [-0.15, -0.1) is 11.3 Å². The van der Waals surface area contributed by atoms with E-state index in [4.69, 9.17) is 4.42 Å². The van der Waals surface area contributed by atoms with Crippen LogP contribution < -0.4 is 5.32 Å². The Morgan fingerprint density at radius 1 is 1.53 bits per heavy atom. The van der Waals surface area contributed by atoms with Gasteiger partial charge in [-0.3, -0.25) is 4.79 Å². The van der Waals surface area contributed by atoms with E-state index in [1.807, 2.05) is 0 Å². The number of carbonyl (C=O) groups excluding carboxylic acids is 2. The summed E-state index contributed by atoms with van der Waals surface area (Å²) < 4.78 is 9.39. The molecule has 6 nitrogen and oxygen atoms in total. The molecule has 100 valence electrons. The van der Waals surface area contributed by atoms with Crippen molar-refractivity contribution < 1.29 is 18.7 Å². The minimum Gasteiger partial charge on any atom is -0.472 e. The van der Waals surface area contributed by atoms with Crippen LogP contribution in [0.3, 0.4) is 0 Å². The Morgan fingerprint density at radius 2 is 2.37 bits per heavy atom. The molecule has 0 saturated heterocycles. The summed E-state index contributed by atoms with van der Waals surface area (Å²) in [6, 6.07) is 1.59. The monoisotopic (exact) mass is 280 g/mol. The number of hydrogen-bond donors (Lipinski definition) is 1. The fourth-order valence-corrected chi connectivity index (χ4v) is 2.17. The van der Waals surface area contributed by atoms with Crippen molar-refractivity contribution in [1.82, 2.24) is 10.3 Å². The first-order chi connectivity index (χ1) is 9.20. The first-order valence-electron chi connectivity index (χ1n) is 5.54. The van der Waals surface area contributed by atoms with E-state index in [0.717, 1.165) is 5.01 Å². The Hall–Kier alpha value is -2.15. The molecular formula is C12H12N2O4S.